The second-order valence-corrected chi connectivity index (χ2v) is 5.56. The van der Waals surface area contributed by atoms with Crippen LogP contribution in [-0.2, 0) is 9.53 Å². The fourth-order valence-corrected chi connectivity index (χ4v) is 2.54. The molecule has 1 heterocycles. The van der Waals surface area contributed by atoms with Crippen molar-refractivity contribution in [2.45, 2.75) is 19.3 Å². The Bertz CT molecular complexity index is 731. The van der Waals surface area contributed by atoms with Gasteiger partial charge in [0.15, 0.2) is 17.5 Å². The lowest BCUT2D eigenvalue weighted by Gasteiger charge is -2.20. The smallest absolute Gasteiger partial charge is 0.323 e. The van der Waals surface area contributed by atoms with Crippen LogP contribution in [0, 0.1) is 17.2 Å². The van der Waals surface area contributed by atoms with E-state index in [-0.39, 0.29) is 24.6 Å². The van der Waals surface area contributed by atoms with E-state index in [9.17, 15) is 14.9 Å². The molecule has 0 bridgehead atoms. The van der Waals surface area contributed by atoms with Gasteiger partial charge < -0.3 is 9.15 Å². The molecule has 0 amide bonds. The van der Waals surface area contributed by atoms with E-state index >= 15 is 0 Å². The van der Waals surface area contributed by atoms with Gasteiger partial charge in [0.2, 0.25) is 0 Å². The molecule has 0 radical (unpaired) electrons. The first-order valence-electron chi connectivity index (χ1n) is 7.45. The van der Waals surface area contributed by atoms with Crippen LogP contribution in [0.15, 0.2) is 47.1 Å². The van der Waals surface area contributed by atoms with Crippen LogP contribution in [-0.4, -0.2) is 18.4 Å². The maximum Gasteiger partial charge on any atom is 0.323 e. The number of nitrogens with zero attached hydrogens (tertiary/aromatic N) is 1. The number of benzene rings is 1. The molecule has 0 saturated heterocycles. The van der Waals surface area contributed by atoms with E-state index in [0.29, 0.717) is 10.6 Å². The zero-order valence-corrected chi connectivity index (χ0v) is 13.8. The standard InChI is InChI=1S/C18H16ClNO4/c1-2-23-18(22)15(11-20)14(12-5-7-13(19)8-6-12)10-16(21)17-4-3-9-24-17/h3-9,14-15H,2,10H2,1H3/t14-,15+/m1/s1. The number of ketones is 1. The second-order valence-electron chi connectivity index (χ2n) is 5.12. The van der Waals surface area contributed by atoms with Crippen molar-refractivity contribution in [1.82, 2.24) is 0 Å². The summed E-state index contributed by atoms with van der Waals surface area (Å²) in [6.45, 7) is 1.83. The third-order valence-electron chi connectivity index (χ3n) is 3.58. The highest BCUT2D eigenvalue weighted by atomic mass is 35.5. The molecule has 0 N–H and O–H groups in total. The van der Waals surface area contributed by atoms with E-state index in [1.54, 1.807) is 43.3 Å². The number of Topliss-reactive ketones (excluding diaryl/α,β-unsaturated/α-hetero) is 1. The van der Waals surface area contributed by atoms with E-state index in [2.05, 4.69) is 0 Å². The average Bonchev–Trinajstić information content (AvgIpc) is 3.10. The zero-order valence-electron chi connectivity index (χ0n) is 13.1. The second kappa shape index (κ2) is 8.32. The minimum atomic E-state index is -1.09. The number of hydrogen-bond acceptors (Lipinski definition) is 5. The highest BCUT2D eigenvalue weighted by Gasteiger charge is 2.33. The van der Waals surface area contributed by atoms with Gasteiger partial charge in [-0.3, -0.25) is 9.59 Å². The Morgan fingerprint density at radius 2 is 2.00 bits per heavy atom. The van der Waals surface area contributed by atoms with Crippen LogP contribution in [0.1, 0.15) is 35.4 Å². The molecule has 0 spiro atoms. The first-order valence-corrected chi connectivity index (χ1v) is 7.83. The number of furan rings is 1. The molecule has 5 nitrogen and oxygen atoms in total. The van der Waals surface area contributed by atoms with Crippen LogP contribution < -0.4 is 0 Å². The van der Waals surface area contributed by atoms with Crippen LogP contribution in [0.2, 0.25) is 5.02 Å². The summed E-state index contributed by atoms with van der Waals surface area (Å²) in [6, 6.07) is 11.8. The Morgan fingerprint density at radius 3 is 2.54 bits per heavy atom. The lowest BCUT2D eigenvalue weighted by molar-refractivity contribution is -0.146. The Hall–Kier alpha value is -2.58. The van der Waals surface area contributed by atoms with E-state index in [4.69, 9.17) is 20.8 Å². The number of esters is 1. The summed E-state index contributed by atoms with van der Waals surface area (Å²) < 4.78 is 10.1. The van der Waals surface area contributed by atoms with Crippen molar-refractivity contribution < 1.29 is 18.7 Å². The zero-order chi connectivity index (χ0) is 17.5. The van der Waals surface area contributed by atoms with Crippen molar-refractivity contribution in [2.24, 2.45) is 5.92 Å². The maximum absolute atomic E-state index is 12.4. The van der Waals surface area contributed by atoms with Crippen molar-refractivity contribution in [2.75, 3.05) is 6.61 Å². The summed E-state index contributed by atoms with van der Waals surface area (Å²) in [5, 5.41) is 9.97. The molecule has 0 fully saturated rings. The SMILES string of the molecule is CCOC(=O)[C@@H](C#N)[C@H](CC(=O)c1ccco1)c1ccc(Cl)cc1. The lowest BCUT2D eigenvalue weighted by atomic mass is 9.82. The number of ether oxygens (including phenoxy) is 1. The molecule has 24 heavy (non-hydrogen) atoms. The van der Waals surface area contributed by atoms with Crippen LogP contribution in [0.3, 0.4) is 0 Å². The van der Waals surface area contributed by atoms with Crippen molar-refractivity contribution in [3.8, 4) is 6.07 Å². The average molecular weight is 346 g/mol. The largest absolute Gasteiger partial charge is 0.465 e. The first kappa shape index (κ1) is 17.8. The van der Waals surface area contributed by atoms with Gasteiger partial charge in [-0.05, 0) is 36.8 Å². The van der Waals surface area contributed by atoms with Crippen LogP contribution in [0.4, 0.5) is 0 Å². The number of nitriles is 1. The highest BCUT2D eigenvalue weighted by molar-refractivity contribution is 6.30. The number of carbonyl (C=O) groups is 2. The number of rotatable bonds is 7. The van der Waals surface area contributed by atoms with Crippen LogP contribution >= 0.6 is 11.6 Å². The van der Waals surface area contributed by atoms with Gasteiger partial charge in [-0.2, -0.15) is 5.26 Å². The molecule has 0 aliphatic carbocycles. The lowest BCUT2D eigenvalue weighted by Crippen LogP contribution is -2.25. The van der Waals surface area contributed by atoms with E-state index in [0.717, 1.165) is 0 Å². The molecule has 2 rings (SSSR count). The van der Waals surface area contributed by atoms with Gasteiger partial charge in [-0.25, -0.2) is 0 Å². The molecule has 2 aromatic rings. The molecular formula is C18H16ClNO4. The summed E-state index contributed by atoms with van der Waals surface area (Å²) in [4.78, 5) is 24.5. The monoisotopic (exact) mass is 345 g/mol. The van der Waals surface area contributed by atoms with Crippen molar-refractivity contribution in [3.05, 3.63) is 59.0 Å². The molecule has 0 aliphatic rings. The predicted octanol–water partition coefficient (Wildman–Crippen LogP) is 3.99. The summed E-state index contributed by atoms with van der Waals surface area (Å²) in [5.74, 6) is -2.49. The van der Waals surface area contributed by atoms with Gasteiger partial charge in [0.25, 0.3) is 0 Å². The maximum atomic E-state index is 12.4. The summed E-state index contributed by atoms with van der Waals surface area (Å²) in [5.41, 5.74) is 0.666. The third kappa shape index (κ3) is 4.24. The number of carbonyl (C=O) groups excluding carboxylic acids is 2. The molecule has 0 unspecified atom stereocenters. The fourth-order valence-electron chi connectivity index (χ4n) is 2.41. The minimum absolute atomic E-state index is 0.0494. The van der Waals surface area contributed by atoms with Crippen molar-refractivity contribution in [1.29, 1.82) is 5.26 Å². The van der Waals surface area contributed by atoms with Crippen LogP contribution in [0.5, 0.6) is 0 Å². The Kier molecular flexibility index (Phi) is 6.16. The first-order chi connectivity index (χ1) is 11.6. The van der Waals surface area contributed by atoms with Gasteiger partial charge in [-0.15, -0.1) is 0 Å². The number of halogens is 1. The molecule has 6 heteroatoms. The summed E-state index contributed by atoms with van der Waals surface area (Å²) in [6.07, 6.45) is 1.35. The molecule has 0 aliphatic heterocycles. The van der Waals surface area contributed by atoms with E-state index in [1.165, 1.54) is 6.26 Å². The molecular weight excluding hydrogens is 330 g/mol. The Morgan fingerprint density at radius 1 is 1.29 bits per heavy atom. The van der Waals surface area contributed by atoms with Gasteiger partial charge in [0.1, 0.15) is 0 Å². The van der Waals surface area contributed by atoms with E-state index in [1.807, 2.05) is 6.07 Å². The van der Waals surface area contributed by atoms with Gasteiger partial charge in [-0.1, -0.05) is 23.7 Å². The minimum Gasteiger partial charge on any atom is -0.465 e. The molecule has 2 atom stereocenters. The number of hydrogen-bond donors (Lipinski definition) is 0. The molecule has 0 saturated carbocycles. The summed E-state index contributed by atoms with van der Waals surface area (Å²) in [7, 11) is 0. The summed E-state index contributed by atoms with van der Waals surface area (Å²) >= 11 is 5.89. The quantitative estimate of drug-likeness (QED) is 0.559. The molecule has 1 aromatic carbocycles. The predicted molar refractivity (Wildman–Crippen MR) is 87.6 cm³/mol. The third-order valence-corrected chi connectivity index (χ3v) is 3.83. The highest BCUT2D eigenvalue weighted by Crippen LogP contribution is 2.31. The molecule has 1 aromatic heterocycles. The van der Waals surface area contributed by atoms with Gasteiger partial charge >= 0.3 is 5.97 Å². The van der Waals surface area contributed by atoms with Gasteiger partial charge in [0.05, 0.1) is 18.9 Å². The van der Waals surface area contributed by atoms with Gasteiger partial charge in [0, 0.05) is 17.4 Å². The van der Waals surface area contributed by atoms with Crippen molar-refractivity contribution >= 4 is 23.4 Å². The van der Waals surface area contributed by atoms with Crippen molar-refractivity contribution in [3.63, 3.8) is 0 Å². The Balaban J connectivity index is 2.33. The van der Waals surface area contributed by atoms with E-state index < -0.39 is 17.8 Å². The normalized spacial score (nSPS) is 12.9. The molecule has 124 valence electrons. The fraction of sp³-hybridized carbons (Fsp3) is 0.278. The topological polar surface area (TPSA) is 80.3 Å². The van der Waals surface area contributed by atoms with Crippen LogP contribution in [0.25, 0.3) is 0 Å². The Labute approximate surface area is 144 Å².